The summed E-state index contributed by atoms with van der Waals surface area (Å²) in [4.78, 5) is 0.123. The minimum absolute atomic E-state index is 0.0374. The highest BCUT2D eigenvalue weighted by Gasteiger charge is 2.26. The quantitative estimate of drug-likeness (QED) is 0.738. The summed E-state index contributed by atoms with van der Waals surface area (Å²) in [6.07, 6.45) is 0. The Hall–Kier alpha value is -1.46. The number of nitrogens with zero attached hydrogens (tertiary/aromatic N) is 1. The number of anilines is 1. The molecule has 0 spiro atoms. The molecular formula is C16H17BrN2O5S2. The van der Waals surface area contributed by atoms with Gasteiger partial charge in [-0.3, -0.25) is 4.72 Å². The van der Waals surface area contributed by atoms with E-state index in [2.05, 4.69) is 20.7 Å². The molecule has 1 aliphatic heterocycles. The fourth-order valence-corrected chi connectivity index (χ4v) is 5.25. The van der Waals surface area contributed by atoms with Crippen LogP contribution < -0.4 is 4.72 Å². The number of benzene rings is 2. The Bertz CT molecular complexity index is 986. The molecule has 3 rings (SSSR count). The first kappa shape index (κ1) is 19.3. The van der Waals surface area contributed by atoms with E-state index >= 15 is 0 Å². The number of ether oxygens (including phenoxy) is 1. The van der Waals surface area contributed by atoms with Gasteiger partial charge in [0.15, 0.2) is 0 Å². The maximum Gasteiger partial charge on any atom is 0.261 e. The van der Waals surface area contributed by atoms with E-state index in [1.54, 1.807) is 12.1 Å². The Balaban J connectivity index is 1.86. The van der Waals surface area contributed by atoms with E-state index in [0.717, 1.165) is 4.47 Å². The fraction of sp³-hybridized carbons (Fsp3) is 0.250. The van der Waals surface area contributed by atoms with Crippen molar-refractivity contribution in [3.8, 4) is 0 Å². The zero-order valence-electron chi connectivity index (χ0n) is 13.6. The van der Waals surface area contributed by atoms with E-state index in [9.17, 15) is 16.8 Å². The molecule has 1 fully saturated rings. The first-order valence-corrected chi connectivity index (χ1v) is 11.5. The van der Waals surface area contributed by atoms with Gasteiger partial charge >= 0.3 is 0 Å². The lowest BCUT2D eigenvalue weighted by Crippen LogP contribution is -2.40. The van der Waals surface area contributed by atoms with Gasteiger partial charge in [-0.05, 0) is 42.5 Å². The van der Waals surface area contributed by atoms with Gasteiger partial charge in [-0.15, -0.1) is 0 Å². The first-order chi connectivity index (χ1) is 12.3. The van der Waals surface area contributed by atoms with Crippen molar-refractivity contribution in [2.75, 3.05) is 31.0 Å². The van der Waals surface area contributed by atoms with E-state index < -0.39 is 20.0 Å². The molecule has 0 bridgehead atoms. The van der Waals surface area contributed by atoms with Crippen LogP contribution in [0.5, 0.6) is 0 Å². The molecule has 1 aliphatic rings. The first-order valence-electron chi connectivity index (χ1n) is 7.75. The lowest BCUT2D eigenvalue weighted by Gasteiger charge is -2.26. The third-order valence-corrected chi connectivity index (χ3v) is 7.64. The molecule has 0 amide bonds. The summed E-state index contributed by atoms with van der Waals surface area (Å²) in [5.74, 6) is 0. The summed E-state index contributed by atoms with van der Waals surface area (Å²) in [6.45, 7) is 1.23. The average Bonchev–Trinajstić information content (AvgIpc) is 2.63. The number of rotatable bonds is 5. The molecule has 0 atom stereocenters. The monoisotopic (exact) mass is 460 g/mol. The third-order valence-electron chi connectivity index (χ3n) is 3.82. The van der Waals surface area contributed by atoms with Crippen molar-refractivity contribution in [1.82, 2.24) is 4.31 Å². The van der Waals surface area contributed by atoms with Crippen molar-refractivity contribution < 1.29 is 21.6 Å². The fourth-order valence-electron chi connectivity index (χ4n) is 2.48. The average molecular weight is 461 g/mol. The largest absolute Gasteiger partial charge is 0.379 e. The summed E-state index contributed by atoms with van der Waals surface area (Å²) in [7, 11) is -7.51. The lowest BCUT2D eigenvalue weighted by atomic mass is 10.3. The minimum Gasteiger partial charge on any atom is -0.379 e. The molecular weight excluding hydrogens is 444 g/mol. The molecule has 2 aromatic rings. The zero-order chi connectivity index (χ0) is 18.8. The number of halogens is 1. The van der Waals surface area contributed by atoms with Gasteiger partial charge < -0.3 is 4.74 Å². The summed E-state index contributed by atoms with van der Waals surface area (Å²) >= 11 is 3.25. The molecule has 0 aliphatic carbocycles. The van der Waals surface area contributed by atoms with Crippen LogP contribution in [0.4, 0.5) is 5.69 Å². The maximum absolute atomic E-state index is 12.7. The topological polar surface area (TPSA) is 92.8 Å². The van der Waals surface area contributed by atoms with Crippen LogP contribution in [0.2, 0.25) is 0 Å². The van der Waals surface area contributed by atoms with Gasteiger partial charge in [-0.1, -0.05) is 22.0 Å². The van der Waals surface area contributed by atoms with Crippen molar-refractivity contribution in [2.45, 2.75) is 9.79 Å². The molecule has 0 radical (unpaired) electrons. The number of hydrogen-bond donors (Lipinski definition) is 1. The maximum atomic E-state index is 12.7. The van der Waals surface area contributed by atoms with Crippen molar-refractivity contribution in [2.24, 2.45) is 0 Å². The summed E-state index contributed by atoms with van der Waals surface area (Å²) in [5, 5.41) is 0. The van der Waals surface area contributed by atoms with Gasteiger partial charge in [0.2, 0.25) is 10.0 Å². The lowest BCUT2D eigenvalue weighted by molar-refractivity contribution is 0.0730. The van der Waals surface area contributed by atoms with Crippen LogP contribution in [-0.4, -0.2) is 47.4 Å². The van der Waals surface area contributed by atoms with Crippen LogP contribution in [-0.2, 0) is 24.8 Å². The van der Waals surface area contributed by atoms with Crippen LogP contribution in [0.15, 0.2) is 62.8 Å². The van der Waals surface area contributed by atoms with Gasteiger partial charge in [0.25, 0.3) is 10.0 Å². The smallest absolute Gasteiger partial charge is 0.261 e. The zero-order valence-corrected chi connectivity index (χ0v) is 16.8. The van der Waals surface area contributed by atoms with E-state index in [-0.39, 0.29) is 28.6 Å². The Morgan fingerprint density at radius 2 is 1.58 bits per heavy atom. The number of sulfonamides is 2. The molecule has 1 saturated heterocycles. The molecule has 0 saturated carbocycles. The van der Waals surface area contributed by atoms with Gasteiger partial charge in [0, 0.05) is 17.6 Å². The Kier molecular flexibility index (Phi) is 5.68. The molecule has 0 unspecified atom stereocenters. The van der Waals surface area contributed by atoms with Gasteiger partial charge in [-0.25, -0.2) is 16.8 Å². The van der Waals surface area contributed by atoms with Crippen molar-refractivity contribution in [3.05, 3.63) is 53.0 Å². The van der Waals surface area contributed by atoms with E-state index in [0.29, 0.717) is 13.2 Å². The Labute approximate surface area is 161 Å². The highest BCUT2D eigenvalue weighted by Crippen LogP contribution is 2.23. The van der Waals surface area contributed by atoms with Crippen molar-refractivity contribution in [1.29, 1.82) is 0 Å². The summed E-state index contributed by atoms with van der Waals surface area (Å²) < 4.78 is 60.0. The number of hydrogen-bond acceptors (Lipinski definition) is 5. The van der Waals surface area contributed by atoms with E-state index in [4.69, 9.17) is 4.74 Å². The van der Waals surface area contributed by atoms with E-state index in [1.165, 1.54) is 40.7 Å². The molecule has 7 nitrogen and oxygen atoms in total. The van der Waals surface area contributed by atoms with Crippen LogP contribution in [0.1, 0.15) is 0 Å². The van der Waals surface area contributed by atoms with Gasteiger partial charge in [0.1, 0.15) is 0 Å². The number of nitrogens with one attached hydrogen (secondary N) is 1. The van der Waals surface area contributed by atoms with Gasteiger partial charge in [0.05, 0.1) is 28.7 Å². The number of morpholine rings is 1. The van der Waals surface area contributed by atoms with E-state index in [1.807, 2.05) is 0 Å². The Morgan fingerprint density at radius 3 is 2.23 bits per heavy atom. The van der Waals surface area contributed by atoms with Crippen molar-refractivity contribution >= 4 is 41.7 Å². The van der Waals surface area contributed by atoms with Crippen LogP contribution in [0.25, 0.3) is 0 Å². The SMILES string of the molecule is O=S(=O)(Nc1cccc(S(=O)(=O)N2CCOCC2)c1)c1ccc(Br)cc1. The van der Waals surface area contributed by atoms with Crippen LogP contribution in [0.3, 0.4) is 0 Å². The van der Waals surface area contributed by atoms with Gasteiger partial charge in [-0.2, -0.15) is 4.31 Å². The highest BCUT2D eigenvalue weighted by molar-refractivity contribution is 9.10. The van der Waals surface area contributed by atoms with Crippen LogP contribution >= 0.6 is 15.9 Å². The molecule has 1 N–H and O–H groups in total. The minimum atomic E-state index is -3.82. The molecule has 10 heteroatoms. The molecule has 2 aromatic carbocycles. The molecule has 26 heavy (non-hydrogen) atoms. The predicted octanol–water partition coefficient (Wildman–Crippen LogP) is 2.27. The van der Waals surface area contributed by atoms with Crippen LogP contribution in [0, 0.1) is 0 Å². The summed E-state index contributed by atoms with van der Waals surface area (Å²) in [5.41, 5.74) is 0.183. The standard InChI is InChI=1S/C16H17BrN2O5S2/c17-13-4-6-15(7-5-13)25(20,21)18-14-2-1-3-16(12-14)26(22,23)19-8-10-24-11-9-19/h1-7,12,18H,8-11H2. The second-order valence-electron chi connectivity index (χ2n) is 5.60. The molecule has 1 heterocycles. The normalized spacial score (nSPS) is 16.3. The molecule has 140 valence electrons. The highest BCUT2D eigenvalue weighted by atomic mass is 79.9. The predicted molar refractivity (Wildman–Crippen MR) is 101 cm³/mol. The molecule has 0 aromatic heterocycles. The van der Waals surface area contributed by atoms with Crippen molar-refractivity contribution in [3.63, 3.8) is 0 Å². The summed E-state index contributed by atoms with van der Waals surface area (Å²) in [6, 6.07) is 11.9. The second kappa shape index (κ2) is 7.65. The second-order valence-corrected chi connectivity index (χ2v) is 10.1. The Morgan fingerprint density at radius 1 is 0.923 bits per heavy atom. The third kappa shape index (κ3) is 4.26.